The summed E-state index contributed by atoms with van der Waals surface area (Å²) in [6.07, 6.45) is 18.5. The molecule has 2 heteroatoms. The van der Waals surface area contributed by atoms with Gasteiger partial charge in [0, 0.05) is 0 Å². The van der Waals surface area contributed by atoms with Crippen LogP contribution in [0.1, 0.15) is 64.2 Å². The average molecular weight is 290 g/mol. The third kappa shape index (κ3) is 2.29. The molecule has 110 valence electrons. The van der Waals surface area contributed by atoms with Crippen molar-refractivity contribution in [2.75, 3.05) is 0 Å². The summed E-state index contributed by atoms with van der Waals surface area (Å²) in [4.78, 5) is -0.500. The van der Waals surface area contributed by atoms with E-state index in [9.17, 15) is 5.11 Å². The lowest BCUT2D eigenvalue weighted by molar-refractivity contribution is 0.190. The Labute approximate surface area is 126 Å². The monoisotopic (exact) mass is 290 g/mol. The van der Waals surface area contributed by atoms with Crippen LogP contribution in [0.4, 0.5) is 0 Å². The van der Waals surface area contributed by atoms with Gasteiger partial charge in [-0.3, -0.25) is 0 Å². The fourth-order valence-corrected chi connectivity index (χ4v) is 5.67. The van der Waals surface area contributed by atoms with E-state index in [1.165, 1.54) is 69.8 Å². The summed E-state index contributed by atoms with van der Waals surface area (Å²) < 4.78 is 0. The van der Waals surface area contributed by atoms with Gasteiger partial charge in [-0.2, -0.15) is 0 Å². The first kappa shape index (κ1) is 13.5. The van der Waals surface area contributed by atoms with Gasteiger partial charge < -0.3 is 5.11 Å². The minimum Gasteiger partial charge on any atom is -0.374 e. The van der Waals surface area contributed by atoms with Crippen LogP contribution in [-0.4, -0.2) is 15.3 Å². The maximum Gasteiger partial charge on any atom is 0.148 e. The smallest absolute Gasteiger partial charge is 0.148 e. The molecule has 1 saturated heterocycles. The van der Waals surface area contributed by atoms with Crippen LogP contribution in [0.25, 0.3) is 0 Å². The summed E-state index contributed by atoms with van der Waals surface area (Å²) in [6, 6.07) is 0. The topological polar surface area (TPSA) is 20.2 Å². The van der Waals surface area contributed by atoms with Gasteiger partial charge >= 0.3 is 0 Å². The van der Waals surface area contributed by atoms with Gasteiger partial charge in [0.25, 0.3) is 0 Å². The van der Waals surface area contributed by atoms with E-state index in [-0.39, 0.29) is 0 Å². The molecule has 1 N–H and O–H groups in total. The van der Waals surface area contributed by atoms with Crippen LogP contribution in [0.2, 0.25) is 0 Å². The van der Waals surface area contributed by atoms with Crippen LogP contribution in [0.15, 0.2) is 23.3 Å². The summed E-state index contributed by atoms with van der Waals surface area (Å²) in [5, 5.41) is 11.2. The number of fused-ring (bicyclic) bond motifs is 1. The molecule has 0 radical (unpaired) electrons. The van der Waals surface area contributed by atoms with Gasteiger partial charge in [0.15, 0.2) is 0 Å². The SMILES string of the molecule is OC12SC1C=C(C1CCCCC1)C=C2C1CCCCC1. The highest BCUT2D eigenvalue weighted by atomic mass is 32.2. The van der Waals surface area contributed by atoms with E-state index in [0.717, 1.165) is 5.92 Å². The van der Waals surface area contributed by atoms with Crippen molar-refractivity contribution in [2.45, 2.75) is 74.4 Å². The van der Waals surface area contributed by atoms with E-state index in [4.69, 9.17) is 0 Å². The quantitative estimate of drug-likeness (QED) is 0.736. The zero-order valence-corrected chi connectivity index (χ0v) is 13.1. The van der Waals surface area contributed by atoms with Gasteiger partial charge in [-0.05, 0) is 48.7 Å². The van der Waals surface area contributed by atoms with E-state index in [0.29, 0.717) is 11.2 Å². The lowest BCUT2D eigenvalue weighted by Gasteiger charge is -2.31. The first-order valence-electron chi connectivity index (χ1n) is 8.61. The third-order valence-electron chi connectivity index (χ3n) is 5.84. The molecule has 0 amide bonds. The van der Waals surface area contributed by atoms with E-state index >= 15 is 0 Å². The van der Waals surface area contributed by atoms with Crippen molar-refractivity contribution in [3.8, 4) is 0 Å². The standard InChI is InChI=1S/C18H26OS/c19-18-16(14-9-5-2-6-10-14)11-15(12-17(18)20-18)13-7-3-1-4-8-13/h11-14,17,19H,1-10H2. The van der Waals surface area contributed by atoms with Crippen molar-refractivity contribution in [3.05, 3.63) is 23.3 Å². The molecule has 0 aromatic rings. The van der Waals surface area contributed by atoms with Gasteiger partial charge in [0.05, 0.1) is 5.25 Å². The third-order valence-corrected chi connectivity index (χ3v) is 7.16. The first-order chi connectivity index (χ1) is 9.77. The van der Waals surface area contributed by atoms with Gasteiger partial charge in [-0.25, -0.2) is 0 Å². The molecule has 1 heterocycles. The van der Waals surface area contributed by atoms with Gasteiger partial charge in [-0.1, -0.05) is 50.7 Å². The Morgan fingerprint density at radius 2 is 1.50 bits per heavy atom. The molecule has 0 spiro atoms. The van der Waals surface area contributed by atoms with Crippen LogP contribution >= 0.6 is 11.8 Å². The fraction of sp³-hybridized carbons (Fsp3) is 0.778. The molecule has 1 aliphatic heterocycles. The Bertz CT molecular complexity index is 440. The highest BCUT2D eigenvalue weighted by Gasteiger charge is 2.59. The predicted molar refractivity (Wildman–Crippen MR) is 85.6 cm³/mol. The molecular formula is C18H26OS. The van der Waals surface area contributed by atoms with Gasteiger partial charge in [0.2, 0.25) is 0 Å². The van der Waals surface area contributed by atoms with Crippen molar-refractivity contribution in [1.82, 2.24) is 0 Å². The number of allylic oxidation sites excluding steroid dienone is 2. The van der Waals surface area contributed by atoms with Crippen LogP contribution in [0, 0.1) is 11.8 Å². The van der Waals surface area contributed by atoms with Gasteiger partial charge in [0.1, 0.15) is 4.93 Å². The summed E-state index contributed by atoms with van der Waals surface area (Å²) >= 11 is 1.78. The Balaban J connectivity index is 1.58. The largest absolute Gasteiger partial charge is 0.374 e. The molecule has 3 fully saturated rings. The Kier molecular flexibility index (Phi) is 3.50. The Morgan fingerprint density at radius 1 is 0.900 bits per heavy atom. The number of thioether (sulfide) groups is 1. The molecule has 3 aliphatic carbocycles. The van der Waals surface area contributed by atoms with E-state index in [2.05, 4.69) is 12.2 Å². The molecule has 2 saturated carbocycles. The van der Waals surface area contributed by atoms with Crippen molar-refractivity contribution in [3.63, 3.8) is 0 Å². The lowest BCUT2D eigenvalue weighted by Crippen LogP contribution is -2.27. The van der Waals surface area contributed by atoms with Crippen LogP contribution < -0.4 is 0 Å². The number of hydrogen-bond donors (Lipinski definition) is 1. The zero-order chi connectivity index (χ0) is 13.6. The van der Waals surface area contributed by atoms with Crippen LogP contribution in [0.3, 0.4) is 0 Å². The fourth-order valence-electron chi connectivity index (χ4n) is 4.56. The molecular weight excluding hydrogens is 264 g/mol. The highest BCUT2D eigenvalue weighted by Crippen LogP contribution is 2.62. The molecule has 1 nitrogen and oxygen atoms in total. The maximum atomic E-state index is 10.8. The second-order valence-corrected chi connectivity index (χ2v) is 8.54. The number of hydrogen-bond acceptors (Lipinski definition) is 2. The van der Waals surface area contributed by atoms with Crippen LogP contribution in [-0.2, 0) is 0 Å². The van der Waals surface area contributed by atoms with Crippen molar-refractivity contribution >= 4 is 11.8 Å². The van der Waals surface area contributed by atoms with Crippen molar-refractivity contribution in [1.29, 1.82) is 0 Å². The van der Waals surface area contributed by atoms with Gasteiger partial charge in [-0.15, -0.1) is 11.8 Å². The first-order valence-corrected chi connectivity index (χ1v) is 9.49. The second kappa shape index (κ2) is 5.21. The predicted octanol–water partition coefficient (Wildman–Crippen LogP) is 4.82. The summed E-state index contributed by atoms with van der Waals surface area (Å²) in [5.41, 5.74) is 2.97. The summed E-state index contributed by atoms with van der Waals surface area (Å²) in [5.74, 6) is 1.45. The number of aliphatic hydroxyl groups is 1. The molecule has 20 heavy (non-hydrogen) atoms. The van der Waals surface area contributed by atoms with E-state index in [1.54, 1.807) is 17.3 Å². The Morgan fingerprint density at radius 3 is 2.15 bits per heavy atom. The molecule has 2 atom stereocenters. The molecule has 4 aliphatic rings. The van der Waals surface area contributed by atoms with Crippen molar-refractivity contribution in [2.24, 2.45) is 11.8 Å². The Hall–Kier alpha value is -0.210. The zero-order valence-electron chi connectivity index (χ0n) is 12.3. The molecule has 0 aromatic heterocycles. The van der Waals surface area contributed by atoms with E-state index in [1.807, 2.05) is 0 Å². The van der Waals surface area contributed by atoms with Crippen LogP contribution in [0.5, 0.6) is 0 Å². The average Bonchev–Trinajstić information content (AvgIpc) is 3.19. The molecule has 2 unspecified atom stereocenters. The normalized spacial score (nSPS) is 39.0. The molecule has 0 aromatic carbocycles. The minimum absolute atomic E-state index is 0.376. The second-order valence-electron chi connectivity index (χ2n) is 7.17. The van der Waals surface area contributed by atoms with Crippen molar-refractivity contribution < 1.29 is 5.11 Å². The number of rotatable bonds is 2. The lowest BCUT2D eigenvalue weighted by atomic mass is 9.75. The summed E-state index contributed by atoms with van der Waals surface area (Å²) in [7, 11) is 0. The maximum absolute atomic E-state index is 10.8. The minimum atomic E-state index is -0.500. The molecule has 0 bridgehead atoms. The summed E-state index contributed by atoms with van der Waals surface area (Å²) in [6.45, 7) is 0. The highest BCUT2D eigenvalue weighted by molar-refractivity contribution is 8.08. The van der Waals surface area contributed by atoms with E-state index < -0.39 is 4.93 Å². The molecule has 4 rings (SSSR count).